The number of ketones is 1. The van der Waals surface area contributed by atoms with Crippen LogP contribution >= 0.6 is 59.4 Å². The van der Waals surface area contributed by atoms with Gasteiger partial charge in [-0.3, -0.25) is 19.3 Å². The van der Waals surface area contributed by atoms with Crippen molar-refractivity contribution in [1.82, 2.24) is 4.98 Å². The van der Waals surface area contributed by atoms with Crippen LogP contribution in [0.4, 0.5) is 10.1 Å². The van der Waals surface area contributed by atoms with Crippen molar-refractivity contribution in [2.75, 3.05) is 10.8 Å². The monoisotopic (exact) mass is 846 g/mol. The van der Waals surface area contributed by atoms with Crippen molar-refractivity contribution in [3.63, 3.8) is 0 Å². The number of fused-ring (bicyclic) bond motifs is 2. The molecule has 5 atom stereocenters. The van der Waals surface area contributed by atoms with E-state index >= 15 is 0 Å². The Morgan fingerprint density at radius 2 is 1.60 bits per heavy atom. The quantitative estimate of drug-likeness (QED) is 0.0764. The van der Waals surface area contributed by atoms with Gasteiger partial charge in [-0.1, -0.05) is 59.9 Å². The van der Waals surface area contributed by atoms with Crippen LogP contribution in [0.25, 0.3) is 22.2 Å². The number of halogens is 5. The molecule has 1 aliphatic heterocycles. The fraction of sp³-hybridized carbons (Fsp3) is 0.286. The van der Waals surface area contributed by atoms with E-state index in [4.69, 9.17) is 21.3 Å². The summed E-state index contributed by atoms with van der Waals surface area (Å²) in [6.07, 6.45) is 0.0295. The number of aromatic nitrogens is 1. The SMILES string of the molecule is Cc1cc(Br)cc2c(C(=O)OC(CCCl)C(=O)c3ccc(F)cc3)cc(-c3ccc(N4C(=O)C5CC(Br)C(Br)CC5C4=O)cc3)nc12. The Balaban J connectivity index is 1.33. The maximum atomic E-state index is 13.8. The minimum Gasteiger partial charge on any atom is -0.450 e. The third-order valence-corrected chi connectivity index (χ3v) is 12.1. The van der Waals surface area contributed by atoms with Crippen molar-refractivity contribution >= 4 is 99.5 Å². The molecular weight excluding hydrogens is 823 g/mol. The topological polar surface area (TPSA) is 93.6 Å². The molecule has 0 N–H and O–H groups in total. The van der Waals surface area contributed by atoms with Crippen molar-refractivity contribution < 1.29 is 28.3 Å². The van der Waals surface area contributed by atoms with Gasteiger partial charge in [0.1, 0.15) is 5.82 Å². The molecule has 4 aromatic rings. The number of rotatable bonds is 8. The number of imide groups is 1. The number of carbonyl (C=O) groups is 4. The highest BCUT2D eigenvalue weighted by molar-refractivity contribution is 9.12. The third kappa shape index (κ3) is 6.69. The molecule has 2 heterocycles. The molecule has 1 saturated heterocycles. The minimum atomic E-state index is -1.19. The number of amides is 2. The molecule has 1 aromatic heterocycles. The van der Waals surface area contributed by atoms with Gasteiger partial charge in [0.15, 0.2) is 6.10 Å². The molecule has 3 aromatic carbocycles. The number of hydrogen-bond donors (Lipinski definition) is 0. The van der Waals surface area contributed by atoms with Crippen LogP contribution in [0.3, 0.4) is 0 Å². The Morgan fingerprint density at radius 3 is 2.19 bits per heavy atom. The predicted molar refractivity (Wildman–Crippen MR) is 189 cm³/mol. The van der Waals surface area contributed by atoms with Crippen LogP contribution in [0, 0.1) is 24.6 Å². The highest BCUT2D eigenvalue weighted by atomic mass is 79.9. The Labute approximate surface area is 300 Å². The molecule has 2 fully saturated rings. The number of pyridine rings is 1. The molecule has 2 aliphatic rings. The molecular formula is C35H27Br3ClFN2O5. The van der Waals surface area contributed by atoms with Gasteiger partial charge in [0.05, 0.1) is 34.3 Å². The second-order valence-electron chi connectivity index (χ2n) is 11.7. The van der Waals surface area contributed by atoms with Gasteiger partial charge in [-0.15, -0.1) is 11.6 Å². The Bertz CT molecular complexity index is 1880. The summed E-state index contributed by atoms with van der Waals surface area (Å²) in [4.78, 5) is 60.1. The number of Topliss-reactive ketones (excluding diaryl/α,β-unsaturated/α-hetero) is 1. The number of nitrogens with zero attached hydrogens (tertiary/aromatic N) is 2. The molecule has 1 saturated carbocycles. The second-order valence-corrected chi connectivity index (χ2v) is 15.3. The first-order chi connectivity index (χ1) is 22.5. The van der Waals surface area contributed by atoms with Gasteiger partial charge in [-0.2, -0.15) is 0 Å². The number of aryl methyl sites for hydroxylation is 1. The summed E-state index contributed by atoms with van der Waals surface area (Å²) in [5, 5.41) is 0.521. The van der Waals surface area contributed by atoms with E-state index in [-0.39, 0.29) is 56.7 Å². The minimum absolute atomic E-state index is 0.0567. The zero-order valence-electron chi connectivity index (χ0n) is 24.9. The number of alkyl halides is 3. The first-order valence-corrected chi connectivity index (χ1v) is 18.1. The third-order valence-electron chi connectivity index (χ3n) is 8.66. The summed E-state index contributed by atoms with van der Waals surface area (Å²) < 4.78 is 20.0. The first-order valence-electron chi connectivity index (χ1n) is 14.9. The second kappa shape index (κ2) is 13.9. The van der Waals surface area contributed by atoms with Crippen molar-refractivity contribution in [3.05, 3.63) is 93.7 Å². The van der Waals surface area contributed by atoms with Crippen LogP contribution in [0.1, 0.15) is 45.5 Å². The van der Waals surface area contributed by atoms with E-state index in [1.54, 1.807) is 36.4 Å². The highest BCUT2D eigenvalue weighted by Gasteiger charge is 2.52. The number of anilines is 1. The summed E-state index contributed by atoms with van der Waals surface area (Å²) in [6.45, 7) is 1.87. The van der Waals surface area contributed by atoms with Crippen LogP contribution in [0.2, 0.25) is 0 Å². The van der Waals surface area contributed by atoms with Crippen molar-refractivity contribution in [1.29, 1.82) is 0 Å². The highest BCUT2D eigenvalue weighted by Crippen LogP contribution is 2.44. The van der Waals surface area contributed by atoms with Gasteiger partial charge in [0.25, 0.3) is 0 Å². The van der Waals surface area contributed by atoms with Gasteiger partial charge in [-0.05, 0) is 79.9 Å². The average Bonchev–Trinajstić information content (AvgIpc) is 3.28. The molecule has 12 heteroatoms. The fourth-order valence-electron chi connectivity index (χ4n) is 6.24. The van der Waals surface area contributed by atoms with E-state index in [1.165, 1.54) is 29.2 Å². The molecule has 6 rings (SSSR count). The lowest BCUT2D eigenvalue weighted by molar-refractivity contribution is -0.122. The number of benzene rings is 3. The maximum Gasteiger partial charge on any atom is 0.339 e. The Hall–Kier alpha value is -2.99. The maximum absolute atomic E-state index is 13.8. The Morgan fingerprint density at radius 1 is 0.979 bits per heavy atom. The van der Waals surface area contributed by atoms with Gasteiger partial charge in [0.2, 0.25) is 17.6 Å². The molecule has 0 spiro atoms. The van der Waals surface area contributed by atoms with Crippen molar-refractivity contribution in [2.45, 2.75) is 41.9 Å². The Kier molecular flexibility index (Phi) is 9.99. The molecule has 2 amide bonds. The number of esters is 1. The molecule has 47 heavy (non-hydrogen) atoms. The summed E-state index contributed by atoms with van der Waals surface area (Å²) in [6, 6.07) is 17.2. The van der Waals surface area contributed by atoms with Crippen LogP contribution in [-0.2, 0) is 14.3 Å². The normalized spacial score (nSPS) is 21.5. The smallest absolute Gasteiger partial charge is 0.339 e. The van der Waals surface area contributed by atoms with E-state index < -0.39 is 23.7 Å². The molecule has 242 valence electrons. The van der Waals surface area contributed by atoms with E-state index in [2.05, 4.69) is 47.8 Å². The molecule has 7 nitrogen and oxygen atoms in total. The van der Waals surface area contributed by atoms with E-state index in [9.17, 15) is 23.6 Å². The fourth-order valence-corrected chi connectivity index (χ4v) is 8.25. The molecule has 0 bridgehead atoms. The number of hydrogen-bond acceptors (Lipinski definition) is 6. The summed E-state index contributed by atoms with van der Waals surface area (Å²) in [7, 11) is 0. The van der Waals surface area contributed by atoms with Crippen LogP contribution < -0.4 is 4.90 Å². The molecule has 0 radical (unpaired) electrons. The van der Waals surface area contributed by atoms with Crippen LogP contribution in [-0.4, -0.2) is 50.2 Å². The van der Waals surface area contributed by atoms with E-state index in [0.717, 1.165) is 10.0 Å². The van der Waals surface area contributed by atoms with Crippen molar-refractivity contribution in [3.8, 4) is 11.3 Å². The van der Waals surface area contributed by atoms with Crippen molar-refractivity contribution in [2.24, 2.45) is 11.8 Å². The predicted octanol–water partition coefficient (Wildman–Crippen LogP) is 8.58. The first kappa shape index (κ1) is 33.9. The lowest BCUT2D eigenvalue weighted by Crippen LogP contribution is -2.34. The van der Waals surface area contributed by atoms with Crippen LogP contribution in [0.5, 0.6) is 0 Å². The molecule has 1 aliphatic carbocycles. The summed E-state index contributed by atoms with van der Waals surface area (Å²) in [5.74, 6) is -2.80. The zero-order chi connectivity index (χ0) is 33.6. The zero-order valence-corrected chi connectivity index (χ0v) is 30.4. The largest absolute Gasteiger partial charge is 0.450 e. The van der Waals surface area contributed by atoms with Gasteiger partial charge >= 0.3 is 5.97 Å². The lowest BCUT2D eigenvalue weighted by atomic mass is 9.81. The van der Waals surface area contributed by atoms with Crippen LogP contribution in [0.15, 0.2) is 71.2 Å². The summed E-state index contributed by atoms with van der Waals surface area (Å²) in [5.41, 5.74) is 3.31. The van der Waals surface area contributed by atoms with Gasteiger partial charge < -0.3 is 4.74 Å². The van der Waals surface area contributed by atoms with E-state index in [1.807, 2.05) is 13.0 Å². The van der Waals surface area contributed by atoms with E-state index in [0.29, 0.717) is 40.7 Å². The molecule has 5 unspecified atom stereocenters. The van der Waals surface area contributed by atoms with Gasteiger partial charge in [0, 0.05) is 42.9 Å². The lowest BCUT2D eigenvalue weighted by Gasteiger charge is -2.29. The van der Waals surface area contributed by atoms with Gasteiger partial charge in [-0.25, -0.2) is 14.2 Å². The summed E-state index contributed by atoms with van der Waals surface area (Å²) >= 11 is 16.7. The number of ether oxygens (including phenoxy) is 1. The number of carbonyl (C=O) groups excluding carboxylic acids is 4. The standard InChI is InChI=1S/C35H27Br3ClFN2O5/c1-17-12-20(36)13-23-26(35(46)47-30(10-11-39)32(43)19-2-6-21(40)7-3-19)16-29(41-31(17)23)18-4-8-22(9-5-18)42-33(44)24-14-27(37)28(38)15-25(24)34(42)45/h2-9,12-13,16,24-25,27-28,30H,10-11,14-15H2,1H3. The average molecular weight is 850 g/mol.